The third kappa shape index (κ3) is 4.00. The first-order valence-electron chi connectivity index (χ1n) is 7.95. The minimum absolute atomic E-state index is 0.0237. The van der Waals surface area contributed by atoms with Crippen LogP contribution in [0.4, 0.5) is 10.8 Å². The van der Waals surface area contributed by atoms with Gasteiger partial charge in [-0.2, -0.15) is 0 Å². The molecule has 0 spiro atoms. The molecular weight excluding hydrogens is 402 g/mol. The zero-order valence-corrected chi connectivity index (χ0v) is 15.7. The highest BCUT2D eigenvalue weighted by molar-refractivity contribution is 7.99. The minimum Gasteiger partial charge on any atom is -0.411 e. The number of thioether (sulfide) groups is 1. The fraction of sp³-hybridized carbons (Fsp3) is 0.0588. The fourth-order valence-corrected chi connectivity index (χ4v) is 3.76. The van der Waals surface area contributed by atoms with Crippen LogP contribution in [-0.4, -0.2) is 31.8 Å². The highest BCUT2D eigenvalue weighted by atomic mass is 32.2. The predicted molar refractivity (Wildman–Crippen MR) is 105 cm³/mol. The molecule has 4 aromatic rings. The number of para-hydroxylation sites is 1. The van der Waals surface area contributed by atoms with E-state index in [9.17, 15) is 14.9 Å². The van der Waals surface area contributed by atoms with Gasteiger partial charge in [0, 0.05) is 17.7 Å². The quantitative estimate of drug-likeness (QED) is 0.286. The van der Waals surface area contributed by atoms with Gasteiger partial charge in [0.15, 0.2) is 5.13 Å². The van der Waals surface area contributed by atoms with E-state index in [-0.39, 0.29) is 28.5 Å². The van der Waals surface area contributed by atoms with Crippen LogP contribution >= 0.6 is 23.1 Å². The van der Waals surface area contributed by atoms with Crippen molar-refractivity contribution in [2.24, 2.45) is 0 Å². The van der Waals surface area contributed by atoms with Gasteiger partial charge in [0.25, 0.3) is 10.9 Å². The number of amides is 1. The Balaban J connectivity index is 1.36. The normalized spacial score (nSPS) is 10.9. The SMILES string of the molecule is O=C(CSc1nnc(-c2ccc([N+](=O)[O-])cc2)o1)Nc1nc2ccccc2s1. The van der Waals surface area contributed by atoms with E-state index in [0.717, 1.165) is 22.0 Å². The highest BCUT2D eigenvalue weighted by Gasteiger charge is 2.14. The van der Waals surface area contributed by atoms with Crippen LogP contribution in [0.25, 0.3) is 21.7 Å². The van der Waals surface area contributed by atoms with Crippen molar-refractivity contribution in [3.8, 4) is 11.5 Å². The van der Waals surface area contributed by atoms with E-state index in [1.807, 2.05) is 24.3 Å². The van der Waals surface area contributed by atoms with Crippen LogP contribution in [0.15, 0.2) is 58.2 Å². The first-order valence-corrected chi connectivity index (χ1v) is 9.75. The number of nitrogens with one attached hydrogen (secondary N) is 1. The fourth-order valence-electron chi connectivity index (χ4n) is 2.32. The van der Waals surface area contributed by atoms with Crippen molar-refractivity contribution in [1.82, 2.24) is 15.2 Å². The second-order valence-corrected chi connectivity index (χ2v) is 7.46. The average molecular weight is 413 g/mol. The molecule has 140 valence electrons. The van der Waals surface area contributed by atoms with Crippen LogP contribution in [0.5, 0.6) is 0 Å². The molecule has 2 aromatic carbocycles. The van der Waals surface area contributed by atoms with Crippen molar-refractivity contribution >= 4 is 50.0 Å². The maximum atomic E-state index is 12.1. The molecule has 0 aliphatic heterocycles. The number of nitro benzene ring substituents is 1. The summed E-state index contributed by atoms with van der Waals surface area (Å²) in [7, 11) is 0. The van der Waals surface area contributed by atoms with Crippen LogP contribution in [-0.2, 0) is 4.79 Å². The minimum atomic E-state index is -0.483. The van der Waals surface area contributed by atoms with Crippen molar-refractivity contribution in [3.63, 3.8) is 0 Å². The van der Waals surface area contributed by atoms with Gasteiger partial charge in [-0.1, -0.05) is 35.2 Å². The van der Waals surface area contributed by atoms with E-state index in [1.54, 1.807) is 0 Å². The Morgan fingerprint density at radius 1 is 1.18 bits per heavy atom. The highest BCUT2D eigenvalue weighted by Crippen LogP contribution is 2.27. The topological polar surface area (TPSA) is 124 Å². The summed E-state index contributed by atoms with van der Waals surface area (Å²) in [6, 6.07) is 13.4. The Labute approximate surface area is 166 Å². The Morgan fingerprint density at radius 3 is 2.71 bits per heavy atom. The molecule has 0 fully saturated rings. The standard InChI is InChI=1S/C17H11N5O4S2/c23-14(19-16-18-12-3-1-2-4-13(12)28-16)9-27-17-21-20-15(26-17)10-5-7-11(8-6-10)22(24)25/h1-8H,9H2,(H,18,19,23). The third-order valence-corrected chi connectivity index (χ3v) is 5.37. The van der Waals surface area contributed by atoms with Crippen LogP contribution < -0.4 is 5.32 Å². The Kier molecular flexibility index (Phi) is 5.00. The number of fused-ring (bicyclic) bond motifs is 1. The number of thiazole rings is 1. The van der Waals surface area contributed by atoms with E-state index in [0.29, 0.717) is 10.7 Å². The van der Waals surface area contributed by atoms with Crippen molar-refractivity contribution in [3.05, 3.63) is 58.6 Å². The van der Waals surface area contributed by atoms with Crippen molar-refractivity contribution in [1.29, 1.82) is 0 Å². The smallest absolute Gasteiger partial charge is 0.277 e. The van der Waals surface area contributed by atoms with Gasteiger partial charge in [-0.3, -0.25) is 14.9 Å². The van der Waals surface area contributed by atoms with Gasteiger partial charge in [-0.25, -0.2) is 4.98 Å². The molecule has 0 bridgehead atoms. The molecule has 0 unspecified atom stereocenters. The number of hydrogen-bond donors (Lipinski definition) is 1. The second-order valence-electron chi connectivity index (χ2n) is 5.50. The molecule has 11 heteroatoms. The summed E-state index contributed by atoms with van der Waals surface area (Å²) in [5, 5.41) is 22.0. The number of anilines is 1. The van der Waals surface area contributed by atoms with E-state index in [4.69, 9.17) is 4.42 Å². The Hall–Kier alpha value is -3.31. The molecule has 28 heavy (non-hydrogen) atoms. The van der Waals surface area contributed by atoms with Crippen LogP contribution in [0.1, 0.15) is 0 Å². The molecule has 0 atom stereocenters. The third-order valence-electron chi connectivity index (χ3n) is 3.60. The summed E-state index contributed by atoms with van der Waals surface area (Å²) >= 11 is 2.49. The lowest BCUT2D eigenvalue weighted by molar-refractivity contribution is -0.384. The molecule has 1 amide bonds. The number of non-ortho nitro benzene ring substituents is 1. The number of hydrogen-bond acceptors (Lipinski definition) is 9. The first kappa shape index (κ1) is 18.1. The molecule has 0 saturated heterocycles. The van der Waals surface area contributed by atoms with Crippen molar-refractivity contribution in [2.75, 3.05) is 11.1 Å². The summed E-state index contributed by atoms with van der Waals surface area (Å²) in [4.78, 5) is 26.7. The predicted octanol–water partition coefficient (Wildman–Crippen LogP) is 3.99. The number of rotatable bonds is 6. The first-order chi connectivity index (χ1) is 13.6. The van der Waals surface area contributed by atoms with Gasteiger partial charge in [-0.15, -0.1) is 10.2 Å². The maximum absolute atomic E-state index is 12.1. The molecular formula is C17H11N5O4S2. The van der Waals surface area contributed by atoms with E-state index < -0.39 is 4.92 Å². The summed E-state index contributed by atoms with van der Waals surface area (Å²) in [5.41, 5.74) is 1.37. The Bertz CT molecular complexity index is 1120. The largest absolute Gasteiger partial charge is 0.411 e. The van der Waals surface area contributed by atoms with Gasteiger partial charge in [0.05, 0.1) is 20.9 Å². The summed E-state index contributed by atoms with van der Waals surface area (Å²) in [6.45, 7) is 0. The monoisotopic (exact) mass is 413 g/mol. The molecule has 0 saturated carbocycles. The van der Waals surface area contributed by atoms with Crippen LogP contribution in [0.2, 0.25) is 0 Å². The number of carbonyl (C=O) groups excluding carboxylic acids is 1. The lowest BCUT2D eigenvalue weighted by Gasteiger charge is -1.98. The Morgan fingerprint density at radius 2 is 1.96 bits per heavy atom. The van der Waals surface area contributed by atoms with E-state index in [2.05, 4.69) is 20.5 Å². The van der Waals surface area contributed by atoms with Gasteiger partial charge in [0.2, 0.25) is 11.8 Å². The molecule has 0 aliphatic rings. The lowest BCUT2D eigenvalue weighted by atomic mass is 10.2. The summed E-state index contributed by atoms with van der Waals surface area (Å²) in [5.74, 6) is 0.0702. The van der Waals surface area contributed by atoms with Gasteiger partial charge in [0.1, 0.15) is 0 Å². The van der Waals surface area contributed by atoms with Crippen molar-refractivity contribution < 1.29 is 14.1 Å². The molecule has 0 radical (unpaired) electrons. The lowest BCUT2D eigenvalue weighted by Crippen LogP contribution is -2.13. The zero-order valence-electron chi connectivity index (χ0n) is 14.1. The summed E-state index contributed by atoms with van der Waals surface area (Å²) < 4.78 is 6.49. The maximum Gasteiger partial charge on any atom is 0.277 e. The second kappa shape index (κ2) is 7.74. The van der Waals surface area contributed by atoms with E-state index >= 15 is 0 Å². The van der Waals surface area contributed by atoms with Gasteiger partial charge in [-0.05, 0) is 24.3 Å². The van der Waals surface area contributed by atoms with Crippen LogP contribution in [0.3, 0.4) is 0 Å². The molecule has 0 aliphatic carbocycles. The number of benzene rings is 2. The number of carbonyl (C=O) groups is 1. The molecule has 2 heterocycles. The molecule has 2 aromatic heterocycles. The number of aromatic nitrogens is 3. The number of nitro groups is 1. The zero-order chi connectivity index (χ0) is 19.5. The van der Waals surface area contributed by atoms with Gasteiger partial charge < -0.3 is 9.73 Å². The average Bonchev–Trinajstić information content (AvgIpc) is 3.33. The van der Waals surface area contributed by atoms with Crippen molar-refractivity contribution in [2.45, 2.75) is 5.22 Å². The molecule has 9 nitrogen and oxygen atoms in total. The van der Waals surface area contributed by atoms with E-state index in [1.165, 1.54) is 35.6 Å². The molecule has 1 N–H and O–H groups in total. The van der Waals surface area contributed by atoms with Crippen LogP contribution in [0, 0.1) is 10.1 Å². The number of nitrogens with zero attached hydrogens (tertiary/aromatic N) is 4. The van der Waals surface area contributed by atoms with Gasteiger partial charge >= 0.3 is 0 Å². The molecule has 4 rings (SSSR count). The summed E-state index contributed by atoms with van der Waals surface area (Å²) in [6.07, 6.45) is 0.